The van der Waals surface area contributed by atoms with E-state index >= 15 is 0 Å². The van der Waals surface area contributed by atoms with E-state index in [1.807, 2.05) is 6.92 Å². The molecule has 0 amide bonds. The van der Waals surface area contributed by atoms with Crippen molar-refractivity contribution in [2.45, 2.75) is 12.8 Å². The highest BCUT2D eigenvalue weighted by atomic mass is 35.5. The topological polar surface area (TPSA) is 22.1 Å². The zero-order valence-electron chi connectivity index (χ0n) is 9.28. The lowest BCUT2D eigenvalue weighted by molar-refractivity contribution is 0.468. The van der Waals surface area contributed by atoms with E-state index in [0.29, 0.717) is 17.4 Å². The molecule has 1 heterocycles. The summed E-state index contributed by atoms with van der Waals surface area (Å²) in [6, 6.07) is 6.14. The van der Waals surface area contributed by atoms with Crippen molar-refractivity contribution in [2.75, 3.05) is 0 Å². The molecule has 0 atom stereocenters. The summed E-state index contributed by atoms with van der Waals surface area (Å²) in [5.41, 5.74) is 1.64. The number of aryl methyl sites for hydroxylation is 1. The van der Waals surface area contributed by atoms with Gasteiger partial charge in [0.15, 0.2) is 0 Å². The molecule has 2 rings (SSSR count). The summed E-state index contributed by atoms with van der Waals surface area (Å²) in [6.45, 7) is 1.86. The third-order valence-electron chi connectivity index (χ3n) is 2.37. The number of ether oxygens (including phenoxy) is 1. The molecule has 0 saturated heterocycles. The fraction of sp³-hybridized carbons (Fsp3) is 0.154. The Balaban J connectivity index is 2.34. The molecule has 2 aromatic rings. The van der Waals surface area contributed by atoms with Crippen LogP contribution in [-0.4, -0.2) is 4.98 Å². The number of aromatic nitrogens is 1. The zero-order valence-corrected chi connectivity index (χ0v) is 10.0. The van der Waals surface area contributed by atoms with Crippen LogP contribution in [0.4, 0.5) is 4.39 Å². The van der Waals surface area contributed by atoms with Crippen molar-refractivity contribution >= 4 is 11.6 Å². The summed E-state index contributed by atoms with van der Waals surface area (Å²) in [5.74, 6) is 1.07. The Hall–Kier alpha value is -1.61. The van der Waals surface area contributed by atoms with Gasteiger partial charge in [0.25, 0.3) is 0 Å². The first kappa shape index (κ1) is 11.9. The molecule has 0 saturated carbocycles. The maximum atomic E-state index is 13.1. The Kier molecular flexibility index (Phi) is 3.59. The molecule has 2 nitrogen and oxygen atoms in total. The summed E-state index contributed by atoms with van der Waals surface area (Å²) >= 11 is 5.78. The van der Waals surface area contributed by atoms with Gasteiger partial charge in [0.1, 0.15) is 17.3 Å². The third kappa shape index (κ3) is 2.74. The van der Waals surface area contributed by atoms with Gasteiger partial charge in [-0.25, -0.2) is 4.39 Å². The minimum Gasteiger partial charge on any atom is -0.457 e. The van der Waals surface area contributed by atoms with Crippen LogP contribution in [-0.2, 0) is 5.88 Å². The smallest absolute Gasteiger partial charge is 0.134 e. The second-order valence-corrected chi connectivity index (χ2v) is 3.90. The van der Waals surface area contributed by atoms with Crippen LogP contribution >= 0.6 is 11.6 Å². The van der Waals surface area contributed by atoms with Crippen molar-refractivity contribution in [3.8, 4) is 11.5 Å². The van der Waals surface area contributed by atoms with E-state index in [1.54, 1.807) is 24.5 Å². The Bertz CT molecular complexity index is 531. The van der Waals surface area contributed by atoms with Crippen LogP contribution in [0, 0.1) is 12.7 Å². The van der Waals surface area contributed by atoms with E-state index in [0.717, 1.165) is 11.1 Å². The molecule has 1 aromatic carbocycles. The van der Waals surface area contributed by atoms with Crippen molar-refractivity contribution in [2.24, 2.45) is 0 Å². The second-order valence-electron chi connectivity index (χ2n) is 3.63. The highest BCUT2D eigenvalue weighted by Crippen LogP contribution is 2.28. The minimum absolute atomic E-state index is 0.303. The number of halogens is 2. The normalized spacial score (nSPS) is 10.3. The predicted octanol–water partition coefficient (Wildman–Crippen LogP) is 4.06. The van der Waals surface area contributed by atoms with Crippen molar-refractivity contribution in [1.29, 1.82) is 0 Å². The Morgan fingerprint density at radius 3 is 2.88 bits per heavy atom. The lowest BCUT2D eigenvalue weighted by atomic mass is 10.2. The maximum absolute atomic E-state index is 13.1. The number of benzene rings is 1. The molecular weight excluding hydrogens is 241 g/mol. The molecule has 0 fully saturated rings. The van der Waals surface area contributed by atoms with E-state index in [1.165, 1.54) is 12.1 Å². The van der Waals surface area contributed by atoms with Gasteiger partial charge in [0.05, 0.1) is 5.88 Å². The Morgan fingerprint density at radius 1 is 1.29 bits per heavy atom. The van der Waals surface area contributed by atoms with E-state index in [4.69, 9.17) is 16.3 Å². The maximum Gasteiger partial charge on any atom is 0.134 e. The van der Waals surface area contributed by atoms with Gasteiger partial charge in [-0.2, -0.15) is 0 Å². The summed E-state index contributed by atoms with van der Waals surface area (Å²) < 4.78 is 18.8. The SMILES string of the molecule is Cc1ccc(F)cc1Oc1ccncc1CCl. The van der Waals surface area contributed by atoms with E-state index in [-0.39, 0.29) is 5.82 Å². The van der Waals surface area contributed by atoms with Gasteiger partial charge in [-0.1, -0.05) is 6.07 Å². The van der Waals surface area contributed by atoms with Gasteiger partial charge >= 0.3 is 0 Å². The van der Waals surface area contributed by atoms with Gasteiger partial charge in [-0.3, -0.25) is 4.98 Å². The molecule has 0 unspecified atom stereocenters. The minimum atomic E-state index is -0.327. The third-order valence-corrected chi connectivity index (χ3v) is 2.66. The highest BCUT2D eigenvalue weighted by Gasteiger charge is 2.07. The van der Waals surface area contributed by atoms with Crippen molar-refractivity contribution in [3.05, 3.63) is 53.6 Å². The Morgan fingerprint density at radius 2 is 2.12 bits per heavy atom. The molecule has 0 bridgehead atoms. The molecule has 0 N–H and O–H groups in total. The van der Waals surface area contributed by atoms with Gasteiger partial charge in [0, 0.05) is 24.0 Å². The molecule has 0 aliphatic carbocycles. The first-order valence-corrected chi connectivity index (χ1v) is 5.67. The van der Waals surface area contributed by atoms with Gasteiger partial charge < -0.3 is 4.74 Å². The zero-order chi connectivity index (χ0) is 12.3. The predicted molar refractivity (Wildman–Crippen MR) is 65.0 cm³/mol. The highest BCUT2D eigenvalue weighted by molar-refractivity contribution is 6.17. The number of rotatable bonds is 3. The average molecular weight is 252 g/mol. The molecule has 0 aliphatic rings. The molecule has 17 heavy (non-hydrogen) atoms. The number of hydrogen-bond acceptors (Lipinski definition) is 2. The fourth-order valence-electron chi connectivity index (χ4n) is 1.42. The van der Waals surface area contributed by atoms with Crippen LogP contribution in [0.5, 0.6) is 11.5 Å². The van der Waals surface area contributed by atoms with Crippen molar-refractivity contribution in [3.63, 3.8) is 0 Å². The molecule has 1 aromatic heterocycles. The van der Waals surface area contributed by atoms with E-state index < -0.39 is 0 Å². The van der Waals surface area contributed by atoms with Crippen LogP contribution in [0.25, 0.3) is 0 Å². The lowest BCUT2D eigenvalue weighted by Crippen LogP contribution is -1.93. The molecular formula is C13H11ClFNO. The summed E-state index contributed by atoms with van der Waals surface area (Å²) in [7, 11) is 0. The second kappa shape index (κ2) is 5.15. The molecule has 4 heteroatoms. The lowest BCUT2D eigenvalue weighted by Gasteiger charge is -2.11. The number of alkyl halides is 1. The first-order valence-electron chi connectivity index (χ1n) is 5.13. The van der Waals surface area contributed by atoms with E-state index in [9.17, 15) is 4.39 Å². The quantitative estimate of drug-likeness (QED) is 0.768. The summed E-state index contributed by atoms with van der Waals surface area (Å²) in [5, 5.41) is 0. The van der Waals surface area contributed by atoms with Crippen molar-refractivity contribution < 1.29 is 9.13 Å². The summed E-state index contributed by atoms with van der Waals surface area (Å²) in [6.07, 6.45) is 3.25. The molecule has 0 spiro atoms. The fourth-order valence-corrected chi connectivity index (χ4v) is 1.62. The largest absolute Gasteiger partial charge is 0.457 e. The average Bonchev–Trinajstić information content (AvgIpc) is 2.34. The van der Waals surface area contributed by atoms with Crippen LogP contribution in [0.15, 0.2) is 36.7 Å². The first-order chi connectivity index (χ1) is 8.20. The molecule has 0 aliphatic heterocycles. The Labute approximate surface area is 104 Å². The monoisotopic (exact) mass is 251 g/mol. The molecule has 0 radical (unpaired) electrons. The van der Waals surface area contributed by atoms with Gasteiger partial charge in [-0.05, 0) is 24.6 Å². The summed E-state index contributed by atoms with van der Waals surface area (Å²) in [4.78, 5) is 3.96. The van der Waals surface area contributed by atoms with Gasteiger partial charge in [-0.15, -0.1) is 11.6 Å². The van der Waals surface area contributed by atoms with Crippen LogP contribution in [0.3, 0.4) is 0 Å². The van der Waals surface area contributed by atoms with Crippen LogP contribution in [0.2, 0.25) is 0 Å². The number of pyridine rings is 1. The van der Waals surface area contributed by atoms with Crippen LogP contribution < -0.4 is 4.74 Å². The van der Waals surface area contributed by atoms with E-state index in [2.05, 4.69) is 4.98 Å². The van der Waals surface area contributed by atoms with Crippen LogP contribution in [0.1, 0.15) is 11.1 Å². The van der Waals surface area contributed by atoms with Crippen molar-refractivity contribution in [1.82, 2.24) is 4.98 Å². The van der Waals surface area contributed by atoms with Gasteiger partial charge in [0.2, 0.25) is 0 Å². The number of nitrogens with zero attached hydrogens (tertiary/aromatic N) is 1. The number of hydrogen-bond donors (Lipinski definition) is 0. The molecule has 88 valence electrons. The standard InChI is InChI=1S/C13H11ClFNO/c1-9-2-3-11(15)6-13(9)17-12-4-5-16-8-10(12)7-14/h2-6,8H,7H2,1H3.